The van der Waals surface area contributed by atoms with Crippen molar-refractivity contribution in [3.63, 3.8) is 0 Å². The minimum absolute atomic E-state index is 0.322. The highest BCUT2D eigenvalue weighted by Crippen LogP contribution is 2.27. The van der Waals surface area contributed by atoms with Crippen molar-refractivity contribution >= 4 is 26.5 Å². The summed E-state index contributed by atoms with van der Waals surface area (Å²) >= 11 is 1.56. The normalized spacial score (nSPS) is 11.9. The number of thiazole rings is 1. The monoisotopic (exact) mass is 339 g/mol. The van der Waals surface area contributed by atoms with Gasteiger partial charge >= 0.3 is 0 Å². The van der Waals surface area contributed by atoms with Crippen molar-refractivity contribution in [1.29, 1.82) is 0 Å². The SMILES string of the molecule is CCN(CC)S(=O)(=O)c1ccc(-c2csc(N(C)C)n2)cc1. The fourth-order valence-corrected chi connectivity index (χ4v) is 4.34. The van der Waals surface area contributed by atoms with Gasteiger partial charge in [-0.15, -0.1) is 11.3 Å². The molecule has 0 aliphatic carbocycles. The molecule has 1 heterocycles. The summed E-state index contributed by atoms with van der Waals surface area (Å²) in [7, 11) is 0.493. The van der Waals surface area contributed by atoms with E-state index in [0.717, 1.165) is 16.4 Å². The van der Waals surface area contributed by atoms with E-state index in [-0.39, 0.29) is 0 Å². The molecule has 0 fully saturated rings. The van der Waals surface area contributed by atoms with E-state index in [2.05, 4.69) is 4.98 Å². The Morgan fingerprint density at radius 1 is 1.09 bits per heavy atom. The van der Waals surface area contributed by atoms with Gasteiger partial charge < -0.3 is 4.90 Å². The number of benzene rings is 1. The number of anilines is 1. The summed E-state index contributed by atoms with van der Waals surface area (Å²) in [5.74, 6) is 0. The van der Waals surface area contributed by atoms with Crippen LogP contribution in [0.2, 0.25) is 0 Å². The number of hydrogen-bond donors (Lipinski definition) is 0. The lowest BCUT2D eigenvalue weighted by molar-refractivity contribution is 0.445. The molecule has 1 aromatic carbocycles. The largest absolute Gasteiger partial charge is 0.354 e. The third kappa shape index (κ3) is 3.31. The van der Waals surface area contributed by atoms with Crippen LogP contribution in [0.1, 0.15) is 13.8 Å². The van der Waals surface area contributed by atoms with Gasteiger partial charge in [0.1, 0.15) is 0 Å². The molecule has 22 heavy (non-hydrogen) atoms. The topological polar surface area (TPSA) is 53.5 Å². The molecule has 0 saturated heterocycles. The van der Waals surface area contributed by atoms with Crippen molar-refractivity contribution in [1.82, 2.24) is 9.29 Å². The summed E-state index contributed by atoms with van der Waals surface area (Å²) in [5.41, 5.74) is 1.78. The van der Waals surface area contributed by atoms with Crippen molar-refractivity contribution in [2.75, 3.05) is 32.1 Å². The first kappa shape index (κ1) is 16.9. The van der Waals surface area contributed by atoms with E-state index in [9.17, 15) is 8.42 Å². The fraction of sp³-hybridized carbons (Fsp3) is 0.400. The molecule has 2 rings (SSSR count). The molecule has 2 aromatic rings. The summed E-state index contributed by atoms with van der Waals surface area (Å²) in [4.78, 5) is 6.80. The van der Waals surface area contributed by atoms with Crippen LogP contribution in [-0.4, -0.2) is 44.9 Å². The molecule has 0 aliphatic rings. The van der Waals surface area contributed by atoms with Gasteiger partial charge in [0.15, 0.2) is 5.13 Å². The first-order chi connectivity index (χ1) is 10.4. The zero-order valence-corrected chi connectivity index (χ0v) is 14.9. The van der Waals surface area contributed by atoms with Crippen molar-refractivity contribution < 1.29 is 8.42 Å². The van der Waals surface area contributed by atoms with E-state index in [0.29, 0.717) is 18.0 Å². The summed E-state index contributed by atoms with van der Waals surface area (Å²) in [6.45, 7) is 4.62. The summed E-state index contributed by atoms with van der Waals surface area (Å²) in [6, 6.07) is 6.92. The van der Waals surface area contributed by atoms with Gasteiger partial charge in [0, 0.05) is 38.1 Å². The Kier molecular flexibility index (Phi) is 5.20. The molecule has 0 saturated carbocycles. The second kappa shape index (κ2) is 6.76. The maximum atomic E-state index is 12.4. The van der Waals surface area contributed by atoms with Gasteiger partial charge in [-0.3, -0.25) is 0 Å². The molecular weight excluding hydrogens is 318 g/mol. The predicted octanol–water partition coefficient (Wildman–Crippen LogP) is 2.91. The van der Waals surface area contributed by atoms with E-state index in [4.69, 9.17) is 0 Å². The summed E-state index contributed by atoms with van der Waals surface area (Å²) in [6.07, 6.45) is 0. The number of nitrogens with zero attached hydrogens (tertiary/aromatic N) is 3. The molecule has 0 unspecified atom stereocenters. The van der Waals surface area contributed by atoms with Crippen molar-refractivity contribution in [3.05, 3.63) is 29.6 Å². The Hall–Kier alpha value is -1.44. The number of rotatable bonds is 6. The molecule has 120 valence electrons. The van der Waals surface area contributed by atoms with Gasteiger partial charge in [-0.1, -0.05) is 26.0 Å². The third-order valence-electron chi connectivity index (χ3n) is 3.37. The minimum atomic E-state index is -3.40. The summed E-state index contributed by atoms with van der Waals surface area (Å²) in [5, 5.41) is 2.90. The van der Waals surface area contributed by atoms with Gasteiger partial charge in [-0.2, -0.15) is 4.31 Å². The lowest BCUT2D eigenvalue weighted by Gasteiger charge is -2.18. The minimum Gasteiger partial charge on any atom is -0.354 e. The Bertz CT molecular complexity index is 718. The Labute approximate surface area is 136 Å². The molecule has 0 N–H and O–H groups in total. The number of aromatic nitrogens is 1. The van der Waals surface area contributed by atoms with Crippen LogP contribution >= 0.6 is 11.3 Å². The van der Waals surface area contributed by atoms with E-state index >= 15 is 0 Å². The van der Waals surface area contributed by atoms with Crippen molar-refractivity contribution in [3.8, 4) is 11.3 Å². The lowest BCUT2D eigenvalue weighted by Crippen LogP contribution is -2.30. The number of hydrogen-bond acceptors (Lipinski definition) is 5. The van der Waals surface area contributed by atoms with Crippen LogP contribution in [0.25, 0.3) is 11.3 Å². The number of sulfonamides is 1. The standard InChI is InChI=1S/C15H21N3O2S2/c1-5-18(6-2)22(19,20)13-9-7-12(8-10-13)14-11-21-15(16-14)17(3)4/h7-11H,5-6H2,1-4H3. The van der Waals surface area contributed by atoms with Crippen LogP contribution in [-0.2, 0) is 10.0 Å². The predicted molar refractivity (Wildman–Crippen MR) is 92.0 cm³/mol. The van der Waals surface area contributed by atoms with Gasteiger partial charge in [0.25, 0.3) is 0 Å². The Balaban J connectivity index is 2.30. The maximum Gasteiger partial charge on any atom is 0.243 e. The van der Waals surface area contributed by atoms with E-state index in [1.807, 2.05) is 50.4 Å². The quantitative estimate of drug-likeness (QED) is 0.812. The average molecular weight is 339 g/mol. The smallest absolute Gasteiger partial charge is 0.243 e. The van der Waals surface area contributed by atoms with Crippen LogP contribution in [0.5, 0.6) is 0 Å². The molecule has 0 atom stereocenters. The van der Waals surface area contributed by atoms with E-state index in [1.165, 1.54) is 4.31 Å². The molecule has 0 radical (unpaired) electrons. The van der Waals surface area contributed by atoms with Gasteiger partial charge in [0.2, 0.25) is 10.0 Å². The second-order valence-corrected chi connectivity index (χ2v) is 7.80. The van der Waals surface area contributed by atoms with Crippen LogP contribution in [0.15, 0.2) is 34.5 Å². The molecule has 0 aliphatic heterocycles. The van der Waals surface area contributed by atoms with Gasteiger partial charge in [-0.25, -0.2) is 13.4 Å². The zero-order chi connectivity index (χ0) is 16.3. The molecule has 0 bridgehead atoms. The summed E-state index contributed by atoms with van der Waals surface area (Å²) < 4.78 is 26.3. The molecule has 5 nitrogen and oxygen atoms in total. The van der Waals surface area contributed by atoms with Crippen molar-refractivity contribution in [2.24, 2.45) is 0 Å². The Morgan fingerprint density at radius 2 is 1.68 bits per heavy atom. The average Bonchev–Trinajstić information content (AvgIpc) is 2.98. The van der Waals surface area contributed by atoms with E-state index < -0.39 is 10.0 Å². The first-order valence-electron chi connectivity index (χ1n) is 7.13. The highest BCUT2D eigenvalue weighted by Gasteiger charge is 2.21. The van der Waals surface area contributed by atoms with Crippen molar-refractivity contribution in [2.45, 2.75) is 18.7 Å². The Morgan fingerprint density at radius 3 is 2.14 bits per heavy atom. The molecular formula is C15H21N3O2S2. The van der Waals surface area contributed by atoms with Crippen LogP contribution < -0.4 is 4.90 Å². The molecule has 0 spiro atoms. The molecule has 7 heteroatoms. The maximum absolute atomic E-state index is 12.4. The first-order valence-corrected chi connectivity index (χ1v) is 9.45. The lowest BCUT2D eigenvalue weighted by atomic mass is 10.2. The van der Waals surface area contributed by atoms with Crippen LogP contribution in [0.4, 0.5) is 5.13 Å². The van der Waals surface area contributed by atoms with Gasteiger partial charge in [-0.05, 0) is 12.1 Å². The molecule has 1 aromatic heterocycles. The fourth-order valence-electron chi connectivity index (χ4n) is 2.11. The highest BCUT2D eigenvalue weighted by molar-refractivity contribution is 7.89. The van der Waals surface area contributed by atoms with Crippen LogP contribution in [0, 0.1) is 0 Å². The third-order valence-corrected chi connectivity index (χ3v) is 6.44. The van der Waals surface area contributed by atoms with E-state index in [1.54, 1.807) is 23.5 Å². The zero-order valence-electron chi connectivity index (χ0n) is 13.3. The second-order valence-electron chi connectivity index (χ2n) is 5.02. The van der Waals surface area contributed by atoms with Gasteiger partial charge in [0.05, 0.1) is 10.6 Å². The van der Waals surface area contributed by atoms with Crippen LogP contribution in [0.3, 0.4) is 0 Å². The molecule has 0 amide bonds. The highest BCUT2D eigenvalue weighted by atomic mass is 32.2.